The molecule has 1 unspecified atom stereocenters. The van der Waals surface area contributed by atoms with Crippen molar-refractivity contribution in [3.8, 4) is 0 Å². The van der Waals surface area contributed by atoms with E-state index >= 15 is 0 Å². The van der Waals surface area contributed by atoms with Crippen molar-refractivity contribution in [2.75, 3.05) is 5.32 Å². The second-order valence-electron chi connectivity index (χ2n) is 4.16. The van der Waals surface area contributed by atoms with Crippen LogP contribution in [0.25, 0.3) is 0 Å². The van der Waals surface area contributed by atoms with E-state index in [2.05, 4.69) is 22.5 Å². The van der Waals surface area contributed by atoms with Crippen LogP contribution in [0, 0.1) is 6.92 Å². The highest BCUT2D eigenvalue weighted by molar-refractivity contribution is 7.80. The minimum atomic E-state index is -1.78. The number of aryl methyl sites for hydroxylation is 1. The maximum absolute atomic E-state index is 11.3. The maximum atomic E-state index is 11.3. The van der Waals surface area contributed by atoms with Gasteiger partial charge in [-0.1, -0.05) is 53.5 Å². The van der Waals surface area contributed by atoms with Gasteiger partial charge < -0.3 is 16.0 Å². The number of halogens is 3. The van der Waals surface area contributed by atoms with Gasteiger partial charge in [-0.25, -0.2) is 0 Å². The molecule has 4 nitrogen and oxygen atoms in total. The summed E-state index contributed by atoms with van der Waals surface area (Å²) in [6, 6.07) is 7.58. The van der Waals surface area contributed by atoms with E-state index in [0.29, 0.717) is 0 Å². The van der Waals surface area contributed by atoms with Crippen LogP contribution in [0.4, 0.5) is 5.69 Å². The first-order valence-electron chi connectivity index (χ1n) is 5.86. The molecule has 3 N–H and O–H groups in total. The molecule has 0 aromatic heterocycles. The van der Waals surface area contributed by atoms with Crippen molar-refractivity contribution >= 4 is 63.7 Å². The lowest BCUT2D eigenvalue weighted by molar-refractivity contribution is -0.117. The molecule has 114 valence electrons. The molecule has 1 rings (SSSR count). The molecule has 0 aliphatic rings. The molecule has 8 heteroatoms. The maximum Gasteiger partial charge on any atom is 0.245 e. The Labute approximate surface area is 143 Å². The van der Waals surface area contributed by atoms with Crippen molar-refractivity contribution in [1.82, 2.24) is 10.6 Å². The van der Waals surface area contributed by atoms with Gasteiger partial charge in [-0.2, -0.15) is 0 Å². The van der Waals surface area contributed by atoms with Crippen LogP contribution in [0.1, 0.15) is 5.56 Å². The standard InChI is InChI=1S/C13H14Cl3N3OS/c1-3-10(20)18-11(13(14,15)16)19-12(21)17-9-6-4-5-8(2)7-9/h3-7,11H,1H2,2H3,(H,18,20)(H2,17,19,21). The Morgan fingerprint density at radius 2 is 2.05 bits per heavy atom. The van der Waals surface area contributed by atoms with Gasteiger partial charge in [0.25, 0.3) is 0 Å². The first kappa shape index (κ1) is 18.0. The fraction of sp³-hybridized carbons (Fsp3) is 0.231. The molecule has 0 saturated carbocycles. The smallest absolute Gasteiger partial charge is 0.245 e. The molecule has 0 bridgehead atoms. The van der Waals surface area contributed by atoms with Crippen LogP contribution < -0.4 is 16.0 Å². The van der Waals surface area contributed by atoms with Gasteiger partial charge in [0.15, 0.2) is 5.11 Å². The number of rotatable bonds is 4. The van der Waals surface area contributed by atoms with Gasteiger partial charge in [0.05, 0.1) is 0 Å². The average molecular weight is 367 g/mol. The summed E-state index contributed by atoms with van der Waals surface area (Å²) in [5, 5.41) is 8.33. The summed E-state index contributed by atoms with van der Waals surface area (Å²) in [6.45, 7) is 5.29. The Kier molecular flexibility index (Phi) is 6.74. The van der Waals surface area contributed by atoms with Crippen LogP contribution in [-0.2, 0) is 4.79 Å². The van der Waals surface area contributed by atoms with Crippen molar-refractivity contribution in [2.45, 2.75) is 16.9 Å². The van der Waals surface area contributed by atoms with E-state index in [9.17, 15) is 4.79 Å². The monoisotopic (exact) mass is 365 g/mol. The quantitative estimate of drug-likeness (QED) is 0.331. The lowest BCUT2D eigenvalue weighted by Crippen LogP contribution is -2.55. The molecule has 1 aromatic carbocycles. The number of anilines is 1. The SMILES string of the molecule is C=CC(=O)NC(NC(=S)Nc1cccc(C)c1)C(Cl)(Cl)Cl. The molecule has 0 fully saturated rings. The molecule has 0 radical (unpaired) electrons. The number of hydrogen-bond acceptors (Lipinski definition) is 2. The molecule has 0 aliphatic carbocycles. The van der Waals surface area contributed by atoms with Gasteiger partial charge in [-0.3, -0.25) is 4.79 Å². The third-order valence-corrected chi connectivity index (χ3v) is 3.23. The van der Waals surface area contributed by atoms with Crippen LogP contribution in [0.3, 0.4) is 0 Å². The summed E-state index contributed by atoms with van der Waals surface area (Å²) in [5.74, 6) is -0.489. The third-order valence-electron chi connectivity index (χ3n) is 2.35. The van der Waals surface area contributed by atoms with E-state index in [1.54, 1.807) is 0 Å². The molecule has 0 aliphatic heterocycles. The zero-order valence-corrected chi connectivity index (χ0v) is 14.2. The predicted octanol–water partition coefficient (Wildman–Crippen LogP) is 3.28. The summed E-state index contributed by atoms with van der Waals surface area (Å²) in [7, 11) is 0. The van der Waals surface area contributed by atoms with Gasteiger partial charge in [-0.15, -0.1) is 0 Å². The van der Waals surface area contributed by atoms with E-state index in [1.165, 1.54) is 0 Å². The van der Waals surface area contributed by atoms with Crippen LogP contribution in [0.15, 0.2) is 36.9 Å². The highest BCUT2D eigenvalue weighted by Crippen LogP contribution is 2.29. The molecule has 0 spiro atoms. The predicted molar refractivity (Wildman–Crippen MR) is 93.0 cm³/mol. The summed E-state index contributed by atoms with van der Waals surface area (Å²) in [5.41, 5.74) is 1.85. The average Bonchev–Trinajstić information content (AvgIpc) is 2.36. The number of alkyl halides is 3. The van der Waals surface area contributed by atoms with E-state index in [0.717, 1.165) is 17.3 Å². The Balaban J connectivity index is 2.72. The Morgan fingerprint density at radius 3 is 2.57 bits per heavy atom. The van der Waals surface area contributed by atoms with E-state index in [1.807, 2.05) is 31.2 Å². The number of thiocarbonyl (C=S) groups is 1. The molecule has 0 saturated heterocycles. The first-order valence-corrected chi connectivity index (χ1v) is 7.40. The van der Waals surface area contributed by atoms with Crippen molar-refractivity contribution in [3.63, 3.8) is 0 Å². The van der Waals surface area contributed by atoms with Gasteiger partial charge in [0.2, 0.25) is 9.70 Å². The number of nitrogens with one attached hydrogen (secondary N) is 3. The van der Waals surface area contributed by atoms with Crippen LogP contribution in [0.2, 0.25) is 0 Å². The summed E-state index contributed by atoms with van der Waals surface area (Å²) < 4.78 is -1.78. The summed E-state index contributed by atoms with van der Waals surface area (Å²) in [4.78, 5) is 11.3. The fourth-order valence-corrected chi connectivity index (χ4v) is 1.99. The van der Waals surface area contributed by atoms with Gasteiger partial charge in [-0.05, 0) is 42.9 Å². The molecule has 21 heavy (non-hydrogen) atoms. The Bertz CT molecular complexity index is 546. The lowest BCUT2D eigenvalue weighted by Gasteiger charge is -2.27. The number of carbonyl (C=O) groups is 1. The summed E-state index contributed by atoms with van der Waals surface area (Å²) in [6.07, 6.45) is 0.0695. The van der Waals surface area contributed by atoms with Crippen molar-refractivity contribution < 1.29 is 4.79 Å². The molecule has 1 aromatic rings. The molecule has 0 heterocycles. The topological polar surface area (TPSA) is 53.2 Å². The van der Waals surface area contributed by atoms with E-state index < -0.39 is 15.9 Å². The van der Waals surface area contributed by atoms with Crippen LogP contribution in [-0.4, -0.2) is 21.0 Å². The summed E-state index contributed by atoms with van der Waals surface area (Å²) >= 11 is 22.6. The zero-order valence-electron chi connectivity index (χ0n) is 11.1. The minimum Gasteiger partial charge on any atom is -0.339 e. The normalized spacial score (nSPS) is 12.2. The molecular weight excluding hydrogens is 353 g/mol. The van der Waals surface area contributed by atoms with Crippen molar-refractivity contribution in [2.24, 2.45) is 0 Å². The number of benzene rings is 1. The number of carbonyl (C=O) groups excluding carboxylic acids is 1. The van der Waals surface area contributed by atoms with Crippen LogP contribution in [0.5, 0.6) is 0 Å². The molecule has 1 atom stereocenters. The largest absolute Gasteiger partial charge is 0.339 e. The first-order chi connectivity index (χ1) is 9.72. The van der Waals surface area contributed by atoms with Crippen LogP contribution >= 0.6 is 47.0 Å². The van der Waals surface area contributed by atoms with E-state index in [4.69, 9.17) is 47.0 Å². The highest BCUT2D eigenvalue weighted by Gasteiger charge is 2.34. The zero-order chi connectivity index (χ0) is 16.0. The molecule has 1 amide bonds. The fourth-order valence-electron chi connectivity index (χ4n) is 1.42. The van der Waals surface area contributed by atoms with Gasteiger partial charge in [0, 0.05) is 5.69 Å². The highest BCUT2D eigenvalue weighted by atomic mass is 35.6. The lowest BCUT2D eigenvalue weighted by atomic mass is 10.2. The van der Waals surface area contributed by atoms with E-state index in [-0.39, 0.29) is 5.11 Å². The second kappa shape index (κ2) is 7.84. The van der Waals surface area contributed by atoms with Crippen molar-refractivity contribution in [1.29, 1.82) is 0 Å². The third kappa shape index (κ3) is 6.52. The van der Waals surface area contributed by atoms with Crippen molar-refractivity contribution in [3.05, 3.63) is 42.5 Å². The Hall–Kier alpha value is -1.01. The number of hydrogen-bond donors (Lipinski definition) is 3. The second-order valence-corrected chi connectivity index (χ2v) is 6.93. The minimum absolute atomic E-state index is 0.210. The van der Waals surface area contributed by atoms with Gasteiger partial charge in [0.1, 0.15) is 6.17 Å². The Morgan fingerprint density at radius 1 is 1.38 bits per heavy atom. The number of amides is 1. The molecular formula is C13H14Cl3N3OS. The van der Waals surface area contributed by atoms with Gasteiger partial charge >= 0.3 is 0 Å².